The van der Waals surface area contributed by atoms with Gasteiger partial charge < -0.3 is 15.4 Å². The van der Waals surface area contributed by atoms with E-state index < -0.39 is 12.4 Å². The zero-order valence-corrected chi connectivity index (χ0v) is 18.1. The van der Waals surface area contributed by atoms with Crippen molar-refractivity contribution < 1.29 is 17.9 Å². The number of hydrogen-bond acceptors (Lipinski definition) is 4. The maximum absolute atomic E-state index is 14.0. The Morgan fingerprint density at radius 2 is 2.11 bits per heavy atom. The van der Waals surface area contributed by atoms with Crippen LogP contribution in [-0.2, 0) is 13.0 Å². The van der Waals surface area contributed by atoms with Crippen molar-refractivity contribution in [2.75, 3.05) is 13.1 Å². The van der Waals surface area contributed by atoms with Crippen molar-refractivity contribution >= 4 is 41.3 Å². The highest BCUT2D eigenvalue weighted by molar-refractivity contribution is 14.0. The minimum atomic E-state index is -3.02. The van der Waals surface area contributed by atoms with Gasteiger partial charge in [0, 0.05) is 24.9 Å². The number of halogens is 4. The van der Waals surface area contributed by atoms with E-state index >= 15 is 0 Å². The summed E-state index contributed by atoms with van der Waals surface area (Å²) in [6, 6.07) is 3.80. The van der Waals surface area contributed by atoms with Gasteiger partial charge in [-0.05, 0) is 26.0 Å². The van der Waals surface area contributed by atoms with E-state index in [0.717, 1.165) is 10.7 Å². The van der Waals surface area contributed by atoms with Gasteiger partial charge >= 0.3 is 6.61 Å². The molecule has 27 heavy (non-hydrogen) atoms. The topological polar surface area (TPSA) is 58.5 Å². The third kappa shape index (κ3) is 7.91. The van der Waals surface area contributed by atoms with Crippen LogP contribution >= 0.6 is 35.3 Å². The molecule has 0 saturated heterocycles. The van der Waals surface area contributed by atoms with E-state index in [1.807, 2.05) is 19.2 Å². The summed E-state index contributed by atoms with van der Waals surface area (Å²) in [5.41, 5.74) is 0.970. The van der Waals surface area contributed by atoms with Gasteiger partial charge in [0.05, 0.1) is 22.8 Å². The quantitative estimate of drug-likeness (QED) is 0.317. The highest BCUT2D eigenvalue weighted by Gasteiger charge is 2.13. The fraction of sp³-hybridized carbons (Fsp3) is 0.412. The lowest BCUT2D eigenvalue weighted by molar-refractivity contribution is -0.0506. The van der Waals surface area contributed by atoms with Gasteiger partial charge in [-0.25, -0.2) is 14.4 Å². The van der Waals surface area contributed by atoms with Gasteiger partial charge in [-0.3, -0.25) is 0 Å². The average Bonchev–Trinajstić information content (AvgIpc) is 2.99. The Hall–Kier alpha value is -1.56. The zero-order valence-electron chi connectivity index (χ0n) is 15.0. The van der Waals surface area contributed by atoms with Gasteiger partial charge in [0.2, 0.25) is 0 Å². The number of aryl methyl sites for hydroxylation is 1. The van der Waals surface area contributed by atoms with Crippen molar-refractivity contribution in [1.29, 1.82) is 0 Å². The molecular formula is C17H22F3IN4OS. The minimum Gasteiger partial charge on any atom is -0.434 e. The number of alkyl halides is 2. The molecule has 0 atom stereocenters. The molecule has 0 amide bonds. The highest BCUT2D eigenvalue weighted by atomic mass is 127. The first-order valence-electron chi connectivity index (χ1n) is 8.15. The molecule has 0 fully saturated rings. The van der Waals surface area contributed by atoms with E-state index in [4.69, 9.17) is 0 Å². The van der Waals surface area contributed by atoms with Crippen LogP contribution in [0.25, 0.3) is 0 Å². The molecule has 0 unspecified atom stereocenters. The number of thiazole rings is 1. The number of nitrogens with one attached hydrogen (secondary N) is 2. The lowest BCUT2D eigenvalue weighted by Crippen LogP contribution is -2.38. The molecular weight excluding hydrogens is 492 g/mol. The van der Waals surface area contributed by atoms with E-state index in [2.05, 4.69) is 25.3 Å². The van der Waals surface area contributed by atoms with Gasteiger partial charge in [-0.1, -0.05) is 6.07 Å². The maximum atomic E-state index is 14.0. The van der Waals surface area contributed by atoms with Crippen molar-refractivity contribution in [3.8, 4) is 5.75 Å². The van der Waals surface area contributed by atoms with Crippen LogP contribution in [0.1, 0.15) is 23.2 Å². The largest absolute Gasteiger partial charge is 0.434 e. The first kappa shape index (κ1) is 23.5. The maximum Gasteiger partial charge on any atom is 0.387 e. The lowest BCUT2D eigenvalue weighted by atomic mass is 10.2. The Kier molecular flexibility index (Phi) is 10.4. The third-order valence-electron chi connectivity index (χ3n) is 3.37. The summed E-state index contributed by atoms with van der Waals surface area (Å²) in [7, 11) is 0. The second-order valence-electron chi connectivity index (χ2n) is 5.32. The number of rotatable bonds is 8. The molecule has 2 N–H and O–H groups in total. The summed E-state index contributed by atoms with van der Waals surface area (Å²) < 4.78 is 43.3. The molecule has 0 spiro atoms. The summed E-state index contributed by atoms with van der Waals surface area (Å²) in [4.78, 5) is 8.64. The fourth-order valence-electron chi connectivity index (χ4n) is 2.23. The van der Waals surface area contributed by atoms with Crippen molar-refractivity contribution in [2.45, 2.75) is 33.4 Å². The fourth-order valence-corrected chi connectivity index (χ4v) is 2.88. The Labute approximate surface area is 177 Å². The summed E-state index contributed by atoms with van der Waals surface area (Å²) in [5.74, 6) is -0.385. The van der Waals surface area contributed by atoms with Crippen LogP contribution in [0.2, 0.25) is 0 Å². The number of aliphatic imine (C=N–C) groups is 1. The number of nitrogens with zero attached hydrogens (tertiary/aromatic N) is 2. The molecule has 150 valence electrons. The SMILES string of the molecule is CCNC(=NCc1c(F)cccc1OC(F)F)NCCc1csc(C)n1.I. The predicted molar refractivity (Wildman–Crippen MR) is 112 cm³/mol. The molecule has 2 rings (SSSR count). The highest BCUT2D eigenvalue weighted by Crippen LogP contribution is 2.24. The molecule has 0 aliphatic heterocycles. The number of ether oxygens (including phenoxy) is 1. The Balaban J connectivity index is 0.00000364. The van der Waals surface area contributed by atoms with Gasteiger partial charge in [0.15, 0.2) is 5.96 Å². The molecule has 5 nitrogen and oxygen atoms in total. The monoisotopic (exact) mass is 514 g/mol. The van der Waals surface area contributed by atoms with E-state index in [0.29, 0.717) is 25.5 Å². The number of aromatic nitrogens is 1. The third-order valence-corrected chi connectivity index (χ3v) is 4.19. The molecule has 0 aliphatic carbocycles. The summed E-state index contributed by atoms with van der Waals surface area (Å²) >= 11 is 1.59. The number of hydrogen-bond donors (Lipinski definition) is 2. The molecule has 0 saturated carbocycles. The number of guanidine groups is 1. The Morgan fingerprint density at radius 1 is 1.33 bits per heavy atom. The normalized spacial score (nSPS) is 11.3. The van der Waals surface area contributed by atoms with E-state index in [-0.39, 0.29) is 41.8 Å². The van der Waals surface area contributed by atoms with Gasteiger partial charge in [0.25, 0.3) is 0 Å². The zero-order chi connectivity index (χ0) is 18.9. The molecule has 1 aromatic carbocycles. The Morgan fingerprint density at radius 3 is 2.74 bits per heavy atom. The van der Waals surface area contributed by atoms with Gasteiger partial charge in [-0.15, -0.1) is 35.3 Å². The lowest BCUT2D eigenvalue weighted by Gasteiger charge is -2.13. The molecule has 2 aromatic rings. The smallest absolute Gasteiger partial charge is 0.387 e. The van der Waals surface area contributed by atoms with Crippen LogP contribution in [-0.4, -0.2) is 30.6 Å². The summed E-state index contributed by atoms with van der Waals surface area (Å²) in [5, 5.41) is 9.15. The van der Waals surface area contributed by atoms with Crippen LogP contribution in [0.15, 0.2) is 28.6 Å². The van der Waals surface area contributed by atoms with Crippen LogP contribution in [0, 0.1) is 12.7 Å². The van der Waals surface area contributed by atoms with Gasteiger partial charge in [-0.2, -0.15) is 8.78 Å². The van der Waals surface area contributed by atoms with Crippen LogP contribution in [0.3, 0.4) is 0 Å². The summed E-state index contributed by atoms with van der Waals surface area (Å²) in [6.07, 6.45) is 0.716. The van der Waals surface area contributed by atoms with Crippen molar-refractivity contribution in [3.05, 3.63) is 45.7 Å². The van der Waals surface area contributed by atoms with Crippen molar-refractivity contribution in [2.24, 2.45) is 4.99 Å². The number of benzene rings is 1. The Bertz CT molecular complexity index is 743. The molecule has 0 aliphatic rings. The predicted octanol–water partition coefficient (Wildman–Crippen LogP) is 4.11. The van der Waals surface area contributed by atoms with E-state index in [1.54, 1.807) is 11.3 Å². The second-order valence-corrected chi connectivity index (χ2v) is 6.39. The van der Waals surface area contributed by atoms with Crippen molar-refractivity contribution in [3.63, 3.8) is 0 Å². The van der Waals surface area contributed by atoms with E-state index in [9.17, 15) is 13.2 Å². The molecule has 1 aromatic heterocycles. The first-order valence-corrected chi connectivity index (χ1v) is 9.03. The van der Waals surface area contributed by atoms with E-state index in [1.165, 1.54) is 18.2 Å². The van der Waals surface area contributed by atoms with Crippen LogP contribution in [0.5, 0.6) is 5.75 Å². The minimum absolute atomic E-state index is 0. The summed E-state index contributed by atoms with van der Waals surface area (Å²) in [6.45, 7) is 1.90. The standard InChI is InChI=1S/C17H21F3N4OS.HI/c1-3-21-17(22-8-7-12-10-26-11(2)24-12)23-9-13-14(18)5-4-6-15(13)25-16(19)20;/h4-6,10,16H,3,7-9H2,1-2H3,(H2,21,22,23);1H. The van der Waals surface area contributed by atoms with Crippen molar-refractivity contribution in [1.82, 2.24) is 15.6 Å². The second kappa shape index (κ2) is 12.0. The average molecular weight is 514 g/mol. The molecule has 10 heteroatoms. The first-order chi connectivity index (χ1) is 12.5. The van der Waals surface area contributed by atoms with Crippen LogP contribution < -0.4 is 15.4 Å². The molecule has 0 bridgehead atoms. The van der Waals surface area contributed by atoms with Gasteiger partial charge in [0.1, 0.15) is 11.6 Å². The van der Waals surface area contributed by atoms with Crippen LogP contribution in [0.4, 0.5) is 13.2 Å². The molecule has 1 heterocycles. The molecule has 0 radical (unpaired) electrons.